The molecule has 0 spiro atoms. The molecule has 0 aliphatic rings. The quantitative estimate of drug-likeness (QED) is 0.496. The lowest BCUT2D eigenvalue weighted by Gasteiger charge is -2.12. The van der Waals surface area contributed by atoms with Gasteiger partial charge in [0.1, 0.15) is 11.3 Å². The van der Waals surface area contributed by atoms with Crippen molar-refractivity contribution in [2.24, 2.45) is 0 Å². The van der Waals surface area contributed by atoms with Gasteiger partial charge in [0, 0.05) is 11.6 Å². The third-order valence-electron chi connectivity index (χ3n) is 3.83. The van der Waals surface area contributed by atoms with Crippen molar-refractivity contribution in [3.8, 4) is 5.75 Å². The zero-order valence-electron chi connectivity index (χ0n) is 14.6. The number of hydrogen-bond acceptors (Lipinski definition) is 5. The summed E-state index contributed by atoms with van der Waals surface area (Å²) < 4.78 is 10.3. The molecule has 0 radical (unpaired) electrons. The Hall–Kier alpha value is -2.53. The molecule has 0 unspecified atom stereocenters. The summed E-state index contributed by atoms with van der Waals surface area (Å²) in [5, 5.41) is 0.212. The molecule has 0 atom stereocenters. The fraction of sp³-hybridized carbons (Fsp3) is 0.263. The maximum absolute atomic E-state index is 12.5. The first-order valence-electron chi connectivity index (χ1n) is 7.65. The predicted octanol–water partition coefficient (Wildman–Crippen LogP) is 3.90. The van der Waals surface area contributed by atoms with Gasteiger partial charge in [0.15, 0.2) is 6.61 Å². The van der Waals surface area contributed by atoms with Gasteiger partial charge in [0.2, 0.25) is 5.78 Å². The number of anilines is 1. The van der Waals surface area contributed by atoms with Crippen LogP contribution in [0.2, 0.25) is 5.02 Å². The van der Waals surface area contributed by atoms with E-state index in [1.165, 1.54) is 19.2 Å². The molecular formula is C19H20ClNO4. The zero-order valence-corrected chi connectivity index (χ0v) is 15.4. The van der Waals surface area contributed by atoms with Gasteiger partial charge >= 0.3 is 5.97 Å². The number of ketones is 1. The van der Waals surface area contributed by atoms with E-state index in [1.54, 1.807) is 0 Å². The van der Waals surface area contributed by atoms with Crippen molar-refractivity contribution in [3.05, 3.63) is 57.1 Å². The van der Waals surface area contributed by atoms with Gasteiger partial charge in [-0.25, -0.2) is 4.79 Å². The van der Waals surface area contributed by atoms with Crippen LogP contribution >= 0.6 is 11.6 Å². The smallest absolute Gasteiger partial charge is 0.342 e. The second-order valence-corrected chi connectivity index (χ2v) is 6.25. The van der Waals surface area contributed by atoms with Crippen LogP contribution in [0, 0.1) is 20.8 Å². The van der Waals surface area contributed by atoms with Crippen LogP contribution < -0.4 is 10.5 Å². The number of esters is 1. The lowest BCUT2D eigenvalue weighted by molar-refractivity contribution is 0.0471. The summed E-state index contributed by atoms with van der Waals surface area (Å²) in [7, 11) is 1.41. The summed E-state index contributed by atoms with van der Waals surface area (Å²) >= 11 is 5.95. The van der Waals surface area contributed by atoms with E-state index < -0.39 is 5.97 Å². The molecule has 6 heteroatoms. The lowest BCUT2D eigenvalue weighted by atomic mass is 9.97. The van der Waals surface area contributed by atoms with Gasteiger partial charge in [-0.15, -0.1) is 0 Å². The Morgan fingerprint density at radius 1 is 1.08 bits per heavy atom. The van der Waals surface area contributed by atoms with Crippen molar-refractivity contribution in [2.45, 2.75) is 20.8 Å². The standard InChI is InChI=1S/C19H20ClNO4/c1-10-5-11(2)18(12(3)6-10)16(22)9-25-19(23)13-7-14(20)15(21)8-17(13)24-4/h5-8H,9,21H2,1-4H3. The van der Waals surface area contributed by atoms with Crippen LogP contribution in [0.4, 0.5) is 5.69 Å². The number of rotatable bonds is 5. The minimum Gasteiger partial charge on any atom is -0.496 e. The first-order valence-corrected chi connectivity index (χ1v) is 8.03. The first kappa shape index (κ1) is 18.8. The van der Waals surface area contributed by atoms with Crippen molar-refractivity contribution in [1.29, 1.82) is 0 Å². The summed E-state index contributed by atoms with van der Waals surface area (Å²) in [6.07, 6.45) is 0. The number of hydrogen-bond donors (Lipinski definition) is 1. The minimum atomic E-state index is -0.700. The molecule has 5 nitrogen and oxygen atoms in total. The molecule has 0 aromatic heterocycles. The molecule has 2 aromatic carbocycles. The average molecular weight is 362 g/mol. The van der Waals surface area contributed by atoms with Crippen LogP contribution in [0.1, 0.15) is 37.4 Å². The van der Waals surface area contributed by atoms with Crippen LogP contribution in [-0.4, -0.2) is 25.5 Å². The summed E-state index contributed by atoms with van der Waals surface area (Å²) in [6, 6.07) is 6.65. The maximum Gasteiger partial charge on any atom is 0.342 e. The van der Waals surface area contributed by atoms with Crippen molar-refractivity contribution in [1.82, 2.24) is 0 Å². The second kappa shape index (κ2) is 7.57. The molecule has 0 aliphatic carbocycles. The first-order chi connectivity index (χ1) is 11.7. The van der Waals surface area contributed by atoms with E-state index >= 15 is 0 Å². The fourth-order valence-electron chi connectivity index (χ4n) is 2.80. The molecular weight excluding hydrogens is 342 g/mol. The highest BCUT2D eigenvalue weighted by molar-refractivity contribution is 6.33. The van der Waals surface area contributed by atoms with Crippen LogP contribution in [0.3, 0.4) is 0 Å². The van der Waals surface area contributed by atoms with E-state index in [0.29, 0.717) is 5.56 Å². The Morgan fingerprint density at radius 3 is 2.24 bits per heavy atom. The van der Waals surface area contributed by atoms with Gasteiger partial charge in [-0.3, -0.25) is 4.79 Å². The highest BCUT2D eigenvalue weighted by Gasteiger charge is 2.19. The van der Waals surface area contributed by atoms with Crippen molar-refractivity contribution < 1.29 is 19.1 Å². The van der Waals surface area contributed by atoms with Crippen LogP contribution in [-0.2, 0) is 4.74 Å². The summed E-state index contributed by atoms with van der Waals surface area (Å²) in [5.41, 5.74) is 9.45. The van der Waals surface area contributed by atoms with Gasteiger partial charge in [-0.05, 0) is 38.0 Å². The molecule has 132 valence electrons. The average Bonchev–Trinajstić information content (AvgIpc) is 2.53. The SMILES string of the molecule is COc1cc(N)c(Cl)cc1C(=O)OCC(=O)c1c(C)cc(C)cc1C. The molecule has 0 heterocycles. The molecule has 0 amide bonds. The molecule has 0 fully saturated rings. The van der Waals surface area contributed by atoms with E-state index in [1.807, 2.05) is 32.9 Å². The Labute approximate surface area is 151 Å². The Balaban J connectivity index is 2.18. The van der Waals surface area contributed by atoms with E-state index in [9.17, 15) is 9.59 Å². The van der Waals surface area contributed by atoms with E-state index in [-0.39, 0.29) is 34.4 Å². The van der Waals surface area contributed by atoms with Gasteiger partial charge < -0.3 is 15.2 Å². The monoisotopic (exact) mass is 361 g/mol. The number of ether oxygens (including phenoxy) is 2. The van der Waals surface area contributed by atoms with E-state index in [2.05, 4.69) is 0 Å². The molecule has 0 saturated heterocycles. The summed E-state index contributed by atoms with van der Waals surface area (Å²) in [6.45, 7) is 5.32. The molecule has 2 aromatic rings. The largest absolute Gasteiger partial charge is 0.496 e. The number of carbonyl (C=O) groups excluding carboxylic acids is 2. The molecule has 0 aliphatic heterocycles. The zero-order chi connectivity index (χ0) is 18.7. The normalized spacial score (nSPS) is 10.4. The third-order valence-corrected chi connectivity index (χ3v) is 4.16. The highest BCUT2D eigenvalue weighted by atomic mass is 35.5. The predicted molar refractivity (Wildman–Crippen MR) is 97.7 cm³/mol. The number of carbonyl (C=O) groups is 2. The Morgan fingerprint density at radius 2 is 1.68 bits per heavy atom. The van der Waals surface area contributed by atoms with Gasteiger partial charge in [0.25, 0.3) is 0 Å². The van der Waals surface area contributed by atoms with Gasteiger partial charge in [0.05, 0.1) is 17.8 Å². The minimum absolute atomic E-state index is 0.117. The summed E-state index contributed by atoms with van der Waals surface area (Å²) in [4.78, 5) is 24.7. The third kappa shape index (κ3) is 4.12. The van der Waals surface area contributed by atoms with Gasteiger partial charge in [-0.2, -0.15) is 0 Å². The number of nitrogen functional groups attached to an aromatic ring is 1. The number of Topliss-reactive ketones (excluding diaryl/α,β-unsaturated/α-hetero) is 1. The highest BCUT2D eigenvalue weighted by Crippen LogP contribution is 2.29. The molecule has 25 heavy (non-hydrogen) atoms. The molecule has 2 N–H and O–H groups in total. The van der Waals surface area contributed by atoms with Crippen molar-refractivity contribution in [3.63, 3.8) is 0 Å². The number of methoxy groups -OCH3 is 1. The van der Waals surface area contributed by atoms with E-state index in [4.69, 9.17) is 26.8 Å². The molecule has 0 bridgehead atoms. The number of nitrogens with two attached hydrogens (primary N) is 1. The van der Waals surface area contributed by atoms with E-state index in [0.717, 1.165) is 16.7 Å². The lowest BCUT2D eigenvalue weighted by Crippen LogP contribution is -2.17. The van der Waals surface area contributed by atoms with Crippen LogP contribution in [0.25, 0.3) is 0 Å². The number of halogens is 1. The fourth-order valence-corrected chi connectivity index (χ4v) is 2.96. The number of benzene rings is 2. The van der Waals surface area contributed by atoms with Crippen molar-refractivity contribution in [2.75, 3.05) is 19.5 Å². The topological polar surface area (TPSA) is 78.6 Å². The van der Waals surface area contributed by atoms with Gasteiger partial charge in [-0.1, -0.05) is 29.3 Å². The van der Waals surface area contributed by atoms with Crippen LogP contribution in [0.5, 0.6) is 5.75 Å². The summed E-state index contributed by atoms with van der Waals surface area (Å²) in [5.74, 6) is -0.722. The molecule has 0 saturated carbocycles. The molecule has 2 rings (SSSR count). The van der Waals surface area contributed by atoms with Crippen molar-refractivity contribution >= 4 is 29.0 Å². The maximum atomic E-state index is 12.5. The second-order valence-electron chi connectivity index (χ2n) is 5.85. The number of aryl methyl sites for hydroxylation is 3. The Bertz CT molecular complexity index is 823. The Kier molecular flexibility index (Phi) is 5.69. The van der Waals surface area contributed by atoms with Crippen LogP contribution in [0.15, 0.2) is 24.3 Å².